The number of aromatic nitrogens is 4. The van der Waals surface area contributed by atoms with Crippen LogP contribution < -0.4 is 5.43 Å². The van der Waals surface area contributed by atoms with Crippen molar-refractivity contribution in [2.75, 3.05) is 5.43 Å². The fourth-order valence-electron chi connectivity index (χ4n) is 4.22. The Morgan fingerprint density at radius 2 is 1.65 bits per heavy atom. The van der Waals surface area contributed by atoms with E-state index in [-0.39, 0.29) is 5.37 Å². The van der Waals surface area contributed by atoms with Gasteiger partial charge in [0.15, 0.2) is 5.82 Å². The van der Waals surface area contributed by atoms with Crippen molar-refractivity contribution >= 4 is 22.7 Å². The monoisotopic (exact) mass is 423 g/mol. The molecule has 3 aromatic carbocycles. The summed E-state index contributed by atoms with van der Waals surface area (Å²) in [4.78, 5) is 3.65. The van der Waals surface area contributed by atoms with Crippen molar-refractivity contribution in [3.8, 4) is 22.6 Å². The van der Waals surface area contributed by atoms with Crippen LogP contribution in [0.25, 0.3) is 33.5 Å². The standard InChI is InChI=1S/C25H21N5S/c1-15-11-13-17(14-12-15)22-21(19-9-5-6-10-20(19)26-22)24-29-30-23(27-28-25(30)31-24)18-8-4-3-7-16(18)2/h3-14,24,26,29H,1-2H3. The molecule has 152 valence electrons. The zero-order valence-corrected chi connectivity index (χ0v) is 18.1. The zero-order chi connectivity index (χ0) is 20.9. The van der Waals surface area contributed by atoms with E-state index in [4.69, 9.17) is 0 Å². The van der Waals surface area contributed by atoms with Gasteiger partial charge in [0.05, 0.1) is 5.69 Å². The summed E-state index contributed by atoms with van der Waals surface area (Å²) >= 11 is 1.70. The summed E-state index contributed by atoms with van der Waals surface area (Å²) in [7, 11) is 0. The average molecular weight is 424 g/mol. The van der Waals surface area contributed by atoms with Crippen LogP contribution in [0.1, 0.15) is 22.1 Å². The Morgan fingerprint density at radius 3 is 2.48 bits per heavy atom. The average Bonchev–Trinajstić information content (AvgIpc) is 3.46. The SMILES string of the molecule is Cc1ccc(-c2[nH]c3ccccc3c2C2Nn3c(nnc3-c3ccccc3C)S2)cc1. The van der Waals surface area contributed by atoms with Gasteiger partial charge in [-0.2, -0.15) is 0 Å². The van der Waals surface area contributed by atoms with Crippen LogP contribution in [0, 0.1) is 13.8 Å². The molecule has 31 heavy (non-hydrogen) atoms. The lowest BCUT2D eigenvalue weighted by molar-refractivity contribution is 0.794. The molecule has 5 aromatic rings. The Labute approximate surface area is 184 Å². The van der Waals surface area contributed by atoms with Crippen molar-refractivity contribution in [3.05, 3.63) is 89.5 Å². The van der Waals surface area contributed by atoms with E-state index < -0.39 is 0 Å². The Balaban J connectivity index is 1.47. The third kappa shape index (κ3) is 2.94. The molecule has 0 aliphatic carbocycles. The highest BCUT2D eigenvalue weighted by Crippen LogP contribution is 2.46. The smallest absolute Gasteiger partial charge is 0.212 e. The molecule has 0 saturated carbocycles. The van der Waals surface area contributed by atoms with Crippen molar-refractivity contribution in [1.82, 2.24) is 19.9 Å². The predicted molar refractivity (Wildman–Crippen MR) is 127 cm³/mol. The van der Waals surface area contributed by atoms with Crippen LogP contribution in [0.15, 0.2) is 78.0 Å². The summed E-state index contributed by atoms with van der Waals surface area (Å²) in [6.45, 7) is 4.22. The number of H-pyrrole nitrogens is 1. The second kappa shape index (κ2) is 7.03. The second-order valence-corrected chi connectivity index (χ2v) is 8.98. The highest BCUT2D eigenvalue weighted by molar-refractivity contribution is 7.99. The molecule has 0 saturated heterocycles. The first-order chi connectivity index (χ1) is 15.2. The zero-order valence-electron chi connectivity index (χ0n) is 17.3. The first kappa shape index (κ1) is 18.3. The second-order valence-electron chi connectivity index (χ2n) is 7.91. The number of nitrogens with zero attached hydrogens (tertiary/aromatic N) is 3. The summed E-state index contributed by atoms with van der Waals surface area (Å²) in [6, 6.07) is 25.4. The van der Waals surface area contributed by atoms with E-state index in [0.717, 1.165) is 27.8 Å². The van der Waals surface area contributed by atoms with Gasteiger partial charge in [0, 0.05) is 22.0 Å². The number of fused-ring (bicyclic) bond motifs is 2. The van der Waals surface area contributed by atoms with Gasteiger partial charge in [0.25, 0.3) is 0 Å². The number of hydrogen-bond donors (Lipinski definition) is 2. The minimum atomic E-state index is 0.0284. The number of thioether (sulfide) groups is 1. The maximum Gasteiger partial charge on any atom is 0.212 e. The molecule has 2 N–H and O–H groups in total. The van der Waals surface area contributed by atoms with E-state index in [2.05, 4.69) is 95.1 Å². The molecule has 0 amide bonds. The molecule has 6 rings (SSSR count). The number of aryl methyl sites for hydroxylation is 2. The highest BCUT2D eigenvalue weighted by atomic mass is 32.2. The number of hydrogen-bond acceptors (Lipinski definition) is 4. The summed E-state index contributed by atoms with van der Waals surface area (Å²) in [6.07, 6.45) is 0. The number of para-hydroxylation sites is 1. The highest BCUT2D eigenvalue weighted by Gasteiger charge is 2.32. The molecule has 2 aromatic heterocycles. The van der Waals surface area contributed by atoms with E-state index in [1.54, 1.807) is 11.8 Å². The molecule has 1 aliphatic heterocycles. The lowest BCUT2D eigenvalue weighted by Crippen LogP contribution is -2.14. The van der Waals surface area contributed by atoms with Crippen LogP contribution >= 0.6 is 11.8 Å². The van der Waals surface area contributed by atoms with E-state index in [9.17, 15) is 0 Å². The number of aromatic amines is 1. The van der Waals surface area contributed by atoms with Gasteiger partial charge in [-0.3, -0.25) is 0 Å². The lowest BCUT2D eigenvalue weighted by Gasteiger charge is -2.15. The maximum atomic E-state index is 4.47. The van der Waals surface area contributed by atoms with Crippen molar-refractivity contribution in [2.24, 2.45) is 0 Å². The van der Waals surface area contributed by atoms with Crippen LogP contribution in [-0.2, 0) is 0 Å². The maximum absolute atomic E-state index is 4.47. The quantitative estimate of drug-likeness (QED) is 0.370. The normalized spacial score (nSPS) is 15.2. The Morgan fingerprint density at radius 1 is 0.871 bits per heavy atom. The van der Waals surface area contributed by atoms with Crippen molar-refractivity contribution < 1.29 is 0 Å². The Bertz CT molecular complexity index is 1410. The molecular formula is C25H21N5S. The van der Waals surface area contributed by atoms with Gasteiger partial charge in [-0.05, 0) is 31.0 Å². The van der Waals surface area contributed by atoms with Gasteiger partial charge >= 0.3 is 0 Å². The van der Waals surface area contributed by atoms with Gasteiger partial charge in [-0.1, -0.05) is 84.1 Å². The van der Waals surface area contributed by atoms with Gasteiger partial charge in [0.2, 0.25) is 5.16 Å². The van der Waals surface area contributed by atoms with E-state index in [1.165, 1.54) is 27.6 Å². The minimum absolute atomic E-state index is 0.0284. The molecule has 1 atom stereocenters. The van der Waals surface area contributed by atoms with Crippen LogP contribution in [-0.4, -0.2) is 19.9 Å². The van der Waals surface area contributed by atoms with Crippen LogP contribution in [0.3, 0.4) is 0 Å². The number of benzene rings is 3. The molecule has 1 aliphatic rings. The predicted octanol–water partition coefficient (Wildman–Crippen LogP) is 6.06. The van der Waals surface area contributed by atoms with Crippen LogP contribution in [0.5, 0.6) is 0 Å². The third-order valence-corrected chi connectivity index (χ3v) is 6.89. The minimum Gasteiger partial charge on any atom is -0.354 e. The van der Waals surface area contributed by atoms with E-state index in [0.29, 0.717) is 0 Å². The molecule has 0 fully saturated rings. The third-order valence-electron chi connectivity index (χ3n) is 5.84. The Kier molecular flexibility index (Phi) is 4.14. The molecule has 0 spiro atoms. The van der Waals surface area contributed by atoms with Crippen molar-refractivity contribution in [3.63, 3.8) is 0 Å². The van der Waals surface area contributed by atoms with E-state index >= 15 is 0 Å². The summed E-state index contributed by atoms with van der Waals surface area (Å²) in [5, 5.41) is 11.1. The first-order valence-electron chi connectivity index (χ1n) is 10.3. The fraction of sp³-hybridized carbons (Fsp3) is 0.120. The van der Waals surface area contributed by atoms with Gasteiger partial charge in [-0.25, -0.2) is 4.68 Å². The topological polar surface area (TPSA) is 58.5 Å². The van der Waals surface area contributed by atoms with Gasteiger partial charge in [-0.15, -0.1) is 10.2 Å². The first-order valence-corrected chi connectivity index (χ1v) is 11.2. The summed E-state index contributed by atoms with van der Waals surface area (Å²) < 4.78 is 2.03. The fourth-order valence-corrected chi connectivity index (χ4v) is 5.28. The van der Waals surface area contributed by atoms with Gasteiger partial charge in [0.1, 0.15) is 5.37 Å². The summed E-state index contributed by atoms with van der Waals surface area (Å²) in [5.74, 6) is 0.847. The molecule has 5 nitrogen and oxygen atoms in total. The van der Waals surface area contributed by atoms with Gasteiger partial charge < -0.3 is 10.4 Å². The van der Waals surface area contributed by atoms with Crippen molar-refractivity contribution in [2.45, 2.75) is 24.4 Å². The molecule has 6 heteroatoms. The van der Waals surface area contributed by atoms with Crippen molar-refractivity contribution in [1.29, 1.82) is 0 Å². The molecule has 1 unspecified atom stereocenters. The largest absolute Gasteiger partial charge is 0.354 e. The molecule has 0 bridgehead atoms. The van der Waals surface area contributed by atoms with E-state index in [1.807, 2.05) is 16.8 Å². The lowest BCUT2D eigenvalue weighted by atomic mass is 10.0. The molecular weight excluding hydrogens is 402 g/mol. The molecule has 0 radical (unpaired) electrons. The number of nitrogens with one attached hydrogen (secondary N) is 2. The summed E-state index contributed by atoms with van der Waals surface area (Å²) in [5.41, 5.74) is 11.9. The van der Waals surface area contributed by atoms with Crippen LogP contribution in [0.4, 0.5) is 0 Å². The molecule has 3 heterocycles. The Hall–Kier alpha value is -3.51. The van der Waals surface area contributed by atoms with Crippen LogP contribution in [0.2, 0.25) is 0 Å². The number of rotatable bonds is 3.